The van der Waals surface area contributed by atoms with Crippen LogP contribution in [0.5, 0.6) is 0 Å². The van der Waals surface area contributed by atoms with Gasteiger partial charge in [0, 0.05) is 0 Å². The fourth-order valence-corrected chi connectivity index (χ4v) is 4.61. The summed E-state index contributed by atoms with van der Waals surface area (Å²) in [5, 5.41) is 5.45. The Morgan fingerprint density at radius 2 is 1.28 bits per heavy atom. The molecule has 0 heterocycles. The van der Waals surface area contributed by atoms with Crippen LogP contribution in [-0.4, -0.2) is 0 Å². The molecule has 4 aromatic carbocycles. The van der Waals surface area contributed by atoms with Crippen molar-refractivity contribution in [3.8, 4) is 11.1 Å². The van der Waals surface area contributed by atoms with Crippen LogP contribution >= 0.6 is 0 Å². The van der Waals surface area contributed by atoms with E-state index in [0.717, 1.165) is 0 Å². The summed E-state index contributed by atoms with van der Waals surface area (Å²) in [5.41, 5.74) is 4.35. The molecule has 1 fully saturated rings. The Labute approximate surface area is 149 Å². The highest BCUT2D eigenvalue weighted by Crippen LogP contribution is 2.43. The molecule has 1 aliphatic carbocycles. The zero-order valence-electron chi connectivity index (χ0n) is 14.4. The number of rotatable bonds is 2. The normalized spacial score (nSPS) is 15.2. The third kappa shape index (κ3) is 2.44. The molecule has 0 spiro atoms. The first-order valence-corrected chi connectivity index (χ1v) is 9.41. The van der Waals surface area contributed by atoms with Gasteiger partial charge in [-0.05, 0) is 57.0 Å². The minimum atomic E-state index is 0.714. The van der Waals surface area contributed by atoms with E-state index in [4.69, 9.17) is 0 Å². The van der Waals surface area contributed by atoms with Gasteiger partial charge in [-0.2, -0.15) is 0 Å². The molecule has 5 rings (SSSR count). The monoisotopic (exact) mass is 322 g/mol. The van der Waals surface area contributed by atoms with E-state index < -0.39 is 0 Å². The van der Waals surface area contributed by atoms with Crippen LogP contribution in [0.4, 0.5) is 0 Å². The van der Waals surface area contributed by atoms with Crippen LogP contribution in [0.15, 0.2) is 78.9 Å². The quantitative estimate of drug-likeness (QED) is 0.339. The van der Waals surface area contributed by atoms with Gasteiger partial charge in [0.1, 0.15) is 0 Å². The standard InChI is InChI=1S/C25H22/c1-2-11-20(12-3-1)25-22(18-8-4-5-9-18)16-17-23-21-13-7-6-10-19(21)14-15-24(23)25/h1-3,6-7,10-18H,4-5,8-9H2. The smallest absolute Gasteiger partial charge is 0.00703 e. The van der Waals surface area contributed by atoms with Gasteiger partial charge in [0.2, 0.25) is 0 Å². The van der Waals surface area contributed by atoms with Crippen molar-refractivity contribution in [2.24, 2.45) is 0 Å². The Kier molecular flexibility index (Phi) is 3.56. The number of hydrogen-bond acceptors (Lipinski definition) is 0. The SMILES string of the molecule is c1ccc(-c2c(C3CCCC3)ccc3c2ccc2ccccc23)cc1. The van der Waals surface area contributed by atoms with Gasteiger partial charge in [-0.25, -0.2) is 0 Å². The summed E-state index contributed by atoms with van der Waals surface area (Å²) in [6.07, 6.45) is 5.40. The zero-order chi connectivity index (χ0) is 16.6. The fraction of sp³-hybridized carbons (Fsp3) is 0.200. The summed E-state index contributed by atoms with van der Waals surface area (Å²) < 4.78 is 0. The van der Waals surface area contributed by atoms with Gasteiger partial charge in [-0.1, -0.05) is 91.7 Å². The van der Waals surface area contributed by atoms with Gasteiger partial charge >= 0.3 is 0 Å². The third-order valence-electron chi connectivity index (χ3n) is 5.82. The molecule has 0 amide bonds. The number of benzene rings is 4. The number of fused-ring (bicyclic) bond motifs is 3. The zero-order valence-corrected chi connectivity index (χ0v) is 14.4. The Hall–Kier alpha value is -2.60. The van der Waals surface area contributed by atoms with E-state index in [9.17, 15) is 0 Å². The molecule has 0 heteroatoms. The van der Waals surface area contributed by atoms with Crippen LogP contribution in [-0.2, 0) is 0 Å². The van der Waals surface area contributed by atoms with Crippen molar-refractivity contribution in [2.45, 2.75) is 31.6 Å². The Morgan fingerprint density at radius 1 is 0.560 bits per heavy atom. The molecular weight excluding hydrogens is 300 g/mol. The molecule has 1 aliphatic rings. The van der Waals surface area contributed by atoms with E-state index in [1.54, 1.807) is 5.56 Å². The summed E-state index contributed by atoms with van der Waals surface area (Å²) >= 11 is 0. The summed E-state index contributed by atoms with van der Waals surface area (Å²) in [4.78, 5) is 0. The highest BCUT2D eigenvalue weighted by atomic mass is 14.3. The minimum absolute atomic E-state index is 0.714. The molecule has 122 valence electrons. The molecule has 0 atom stereocenters. The van der Waals surface area contributed by atoms with Crippen LogP contribution in [0.25, 0.3) is 32.7 Å². The van der Waals surface area contributed by atoms with Crippen molar-refractivity contribution in [1.29, 1.82) is 0 Å². The summed E-state index contributed by atoms with van der Waals surface area (Å²) in [6, 6.07) is 29.1. The van der Waals surface area contributed by atoms with Crippen LogP contribution in [0, 0.1) is 0 Å². The summed E-state index contributed by atoms with van der Waals surface area (Å²) in [7, 11) is 0. The lowest BCUT2D eigenvalue weighted by molar-refractivity contribution is 0.726. The highest BCUT2D eigenvalue weighted by Gasteiger charge is 2.22. The highest BCUT2D eigenvalue weighted by molar-refractivity contribution is 6.12. The lowest BCUT2D eigenvalue weighted by atomic mass is 9.85. The molecule has 0 unspecified atom stereocenters. The second kappa shape index (κ2) is 6.04. The van der Waals surface area contributed by atoms with E-state index >= 15 is 0 Å². The fourth-order valence-electron chi connectivity index (χ4n) is 4.61. The lowest BCUT2D eigenvalue weighted by Gasteiger charge is -2.19. The van der Waals surface area contributed by atoms with Crippen LogP contribution in [0.3, 0.4) is 0 Å². The van der Waals surface area contributed by atoms with Crippen molar-refractivity contribution < 1.29 is 0 Å². The molecule has 0 radical (unpaired) electrons. The van der Waals surface area contributed by atoms with E-state index in [1.807, 2.05) is 0 Å². The average Bonchev–Trinajstić information content (AvgIpc) is 3.22. The Bertz CT molecular complexity index is 1040. The number of hydrogen-bond donors (Lipinski definition) is 0. The van der Waals surface area contributed by atoms with E-state index in [2.05, 4.69) is 78.9 Å². The van der Waals surface area contributed by atoms with E-state index in [0.29, 0.717) is 5.92 Å². The van der Waals surface area contributed by atoms with Crippen molar-refractivity contribution in [3.05, 3.63) is 84.4 Å². The van der Waals surface area contributed by atoms with Gasteiger partial charge in [-0.15, -0.1) is 0 Å². The molecule has 25 heavy (non-hydrogen) atoms. The largest absolute Gasteiger partial charge is 0.0622 e. The molecule has 0 bridgehead atoms. The van der Waals surface area contributed by atoms with Crippen LogP contribution in [0.2, 0.25) is 0 Å². The van der Waals surface area contributed by atoms with Crippen molar-refractivity contribution >= 4 is 21.5 Å². The average molecular weight is 322 g/mol. The van der Waals surface area contributed by atoms with Gasteiger partial charge in [-0.3, -0.25) is 0 Å². The minimum Gasteiger partial charge on any atom is -0.0622 e. The van der Waals surface area contributed by atoms with Gasteiger partial charge in [0.25, 0.3) is 0 Å². The second-order valence-corrected chi connectivity index (χ2v) is 7.26. The Morgan fingerprint density at radius 3 is 2.12 bits per heavy atom. The van der Waals surface area contributed by atoms with Crippen molar-refractivity contribution in [3.63, 3.8) is 0 Å². The first-order chi connectivity index (χ1) is 12.4. The summed E-state index contributed by atoms with van der Waals surface area (Å²) in [6.45, 7) is 0. The molecule has 4 aromatic rings. The van der Waals surface area contributed by atoms with Gasteiger partial charge in [0.05, 0.1) is 0 Å². The van der Waals surface area contributed by atoms with Crippen LogP contribution in [0.1, 0.15) is 37.2 Å². The molecule has 0 aliphatic heterocycles. The lowest BCUT2D eigenvalue weighted by Crippen LogP contribution is -1.97. The molecular formula is C25H22. The van der Waals surface area contributed by atoms with E-state index in [-0.39, 0.29) is 0 Å². The van der Waals surface area contributed by atoms with E-state index in [1.165, 1.54) is 58.4 Å². The first-order valence-electron chi connectivity index (χ1n) is 9.41. The summed E-state index contributed by atoms with van der Waals surface area (Å²) in [5.74, 6) is 0.714. The van der Waals surface area contributed by atoms with Gasteiger partial charge < -0.3 is 0 Å². The predicted molar refractivity (Wildman–Crippen MR) is 108 cm³/mol. The molecule has 1 saturated carbocycles. The maximum Gasteiger partial charge on any atom is -0.00703 e. The van der Waals surface area contributed by atoms with Crippen LogP contribution < -0.4 is 0 Å². The molecule has 0 N–H and O–H groups in total. The second-order valence-electron chi connectivity index (χ2n) is 7.26. The topological polar surface area (TPSA) is 0 Å². The maximum atomic E-state index is 2.41. The third-order valence-corrected chi connectivity index (χ3v) is 5.82. The Balaban J connectivity index is 1.87. The predicted octanol–water partition coefficient (Wildman–Crippen LogP) is 7.32. The van der Waals surface area contributed by atoms with Gasteiger partial charge in [0.15, 0.2) is 0 Å². The molecule has 0 saturated heterocycles. The molecule has 0 aromatic heterocycles. The molecule has 0 nitrogen and oxygen atoms in total. The maximum absolute atomic E-state index is 2.41. The van der Waals surface area contributed by atoms with Crippen molar-refractivity contribution in [2.75, 3.05) is 0 Å². The van der Waals surface area contributed by atoms with Crippen molar-refractivity contribution in [1.82, 2.24) is 0 Å². The first kappa shape index (κ1) is 14.7.